The minimum atomic E-state index is -4.50. The summed E-state index contributed by atoms with van der Waals surface area (Å²) in [7, 11) is 0. The maximum atomic E-state index is 14.1. The summed E-state index contributed by atoms with van der Waals surface area (Å²) in [6.07, 6.45) is -5.67. The van der Waals surface area contributed by atoms with Gasteiger partial charge < -0.3 is 20.1 Å². The number of benzene rings is 2. The second kappa shape index (κ2) is 13.1. The minimum absolute atomic E-state index is 0.0577. The third-order valence-electron chi connectivity index (χ3n) is 6.65. The van der Waals surface area contributed by atoms with E-state index in [1.807, 2.05) is 0 Å². The van der Waals surface area contributed by atoms with Crippen LogP contribution in [-0.2, 0) is 18.0 Å². The van der Waals surface area contributed by atoms with E-state index >= 15 is 0 Å². The number of nitrogens with one attached hydrogen (secondary N) is 2. The van der Waals surface area contributed by atoms with Gasteiger partial charge in [-0.05, 0) is 50.1 Å². The number of aromatic nitrogens is 2. The van der Waals surface area contributed by atoms with Crippen LogP contribution < -0.4 is 15.4 Å². The number of carbonyl (C=O) groups excluding carboxylic acids is 2. The fraction of sp³-hybridized carbons (Fsp3) is 0.300. The lowest BCUT2D eigenvalue weighted by Crippen LogP contribution is -2.54. The summed E-state index contributed by atoms with van der Waals surface area (Å²) in [6, 6.07) is 15.2. The molecule has 4 rings (SSSR count). The van der Waals surface area contributed by atoms with Crippen LogP contribution in [0.3, 0.4) is 0 Å². The summed E-state index contributed by atoms with van der Waals surface area (Å²) in [4.78, 5) is 30.1. The lowest BCUT2D eigenvalue weighted by Gasteiger charge is -2.31. The molecule has 2 aromatic carbocycles. The van der Waals surface area contributed by atoms with Gasteiger partial charge in [-0.3, -0.25) is 9.20 Å². The third kappa shape index (κ3) is 8.21. The van der Waals surface area contributed by atoms with Crippen LogP contribution in [0.15, 0.2) is 66.9 Å². The number of halogens is 5. The first-order chi connectivity index (χ1) is 20.3. The van der Waals surface area contributed by atoms with Crippen LogP contribution in [0.4, 0.5) is 26.7 Å². The second-order valence-corrected chi connectivity index (χ2v) is 10.1. The summed E-state index contributed by atoms with van der Waals surface area (Å²) in [5.74, 6) is -2.10. The Kier molecular flexibility index (Phi) is 9.52. The average Bonchev–Trinajstić information content (AvgIpc) is 3.30. The van der Waals surface area contributed by atoms with Gasteiger partial charge in [0, 0.05) is 19.2 Å². The highest BCUT2D eigenvalue weighted by Crippen LogP contribution is 2.27. The van der Waals surface area contributed by atoms with Crippen molar-refractivity contribution >= 4 is 17.6 Å². The molecule has 2 amide bonds. The average molecular weight is 605 g/mol. The van der Waals surface area contributed by atoms with E-state index in [1.54, 1.807) is 37.3 Å². The molecule has 228 valence electrons. The minimum Gasteiger partial charge on any atom is -0.485 e. The fourth-order valence-corrected chi connectivity index (χ4v) is 4.34. The molecule has 0 aliphatic carbocycles. The van der Waals surface area contributed by atoms with E-state index in [-0.39, 0.29) is 41.5 Å². The van der Waals surface area contributed by atoms with Gasteiger partial charge in [0.1, 0.15) is 30.5 Å². The van der Waals surface area contributed by atoms with E-state index < -0.39 is 54.8 Å². The van der Waals surface area contributed by atoms with Crippen molar-refractivity contribution in [2.24, 2.45) is 0 Å². The standard InChI is InChI=1S/C30H29F5N4O4/c1-19-25(39-15-7-12-24(26(39)37-19)42-17-21-22(31)10-6-11-23(21)32)27(40)36-18-29(2,13-14-30(33,34)35)38-28(41)43-16-20-8-4-3-5-9-20/h3-12,15H,13-14,16-18H2,1-2H3,(H,36,40)(H,38,41). The lowest BCUT2D eigenvalue weighted by molar-refractivity contribution is -0.138. The van der Waals surface area contributed by atoms with Gasteiger partial charge in [-0.25, -0.2) is 18.6 Å². The van der Waals surface area contributed by atoms with Crippen molar-refractivity contribution in [1.29, 1.82) is 0 Å². The summed E-state index contributed by atoms with van der Waals surface area (Å²) in [6.45, 7) is 2.03. The number of imidazole rings is 1. The molecule has 0 spiro atoms. The Morgan fingerprint density at radius 1 is 0.930 bits per heavy atom. The van der Waals surface area contributed by atoms with Crippen LogP contribution in [0.1, 0.15) is 47.1 Å². The predicted molar refractivity (Wildman–Crippen MR) is 146 cm³/mol. The molecule has 0 aliphatic heterocycles. The number of amides is 2. The van der Waals surface area contributed by atoms with Crippen LogP contribution in [0.25, 0.3) is 5.65 Å². The smallest absolute Gasteiger partial charge is 0.407 e. The predicted octanol–water partition coefficient (Wildman–Crippen LogP) is 6.26. The SMILES string of the molecule is Cc1nc2c(OCc3c(F)cccc3F)cccn2c1C(=O)NCC(C)(CCC(F)(F)F)NC(=O)OCc1ccccc1. The zero-order valence-corrected chi connectivity index (χ0v) is 23.3. The monoisotopic (exact) mass is 604 g/mol. The Balaban J connectivity index is 1.48. The molecule has 8 nitrogen and oxygen atoms in total. The quantitative estimate of drug-likeness (QED) is 0.197. The first-order valence-electron chi connectivity index (χ1n) is 13.2. The van der Waals surface area contributed by atoms with Gasteiger partial charge in [-0.2, -0.15) is 13.2 Å². The Bertz CT molecular complexity index is 1570. The van der Waals surface area contributed by atoms with Gasteiger partial charge in [-0.1, -0.05) is 36.4 Å². The van der Waals surface area contributed by atoms with Crippen molar-refractivity contribution in [2.75, 3.05) is 6.54 Å². The Labute approximate surface area is 243 Å². The number of hydrogen-bond donors (Lipinski definition) is 2. The lowest BCUT2D eigenvalue weighted by atomic mass is 9.95. The normalized spacial score (nSPS) is 12.9. The number of fused-ring (bicyclic) bond motifs is 1. The molecular formula is C30H29F5N4O4. The van der Waals surface area contributed by atoms with E-state index in [4.69, 9.17) is 9.47 Å². The highest BCUT2D eigenvalue weighted by molar-refractivity contribution is 5.95. The van der Waals surface area contributed by atoms with Gasteiger partial charge >= 0.3 is 12.3 Å². The molecular weight excluding hydrogens is 575 g/mol. The number of ether oxygens (including phenoxy) is 2. The summed E-state index contributed by atoms with van der Waals surface area (Å²) in [5.41, 5.74) is -0.609. The molecule has 2 heterocycles. The molecule has 1 atom stereocenters. The van der Waals surface area contributed by atoms with Crippen LogP contribution in [-0.4, -0.2) is 39.6 Å². The number of hydrogen-bond acceptors (Lipinski definition) is 5. The van der Waals surface area contributed by atoms with Gasteiger partial charge in [0.2, 0.25) is 0 Å². The number of rotatable bonds is 11. The summed E-state index contributed by atoms with van der Waals surface area (Å²) >= 11 is 0. The van der Waals surface area contributed by atoms with Crippen molar-refractivity contribution in [2.45, 2.75) is 51.6 Å². The molecule has 2 aromatic heterocycles. The molecule has 4 aromatic rings. The number of pyridine rings is 1. The molecule has 0 saturated heterocycles. The van der Waals surface area contributed by atoms with Gasteiger partial charge in [0.25, 0.3) is 5.91 Å². The molecule has 0 saturated carbocycles. The molecule has 2 N–H and O–H groups in total. The number of aryl methyl sites for hydroxylation is 1. The Morgan fingerprint density at radius 3 is 2.30 bits per heavy atom. The zero-order valence-electron chi connectivity index (χ0n) is 23.3. The van der Waals surface area contributed by atoms with Crippen LogP contribution in [0, 0.1) is 18.6 Å². The van der Waals surface area contributed by atoms with Crippen LogP contribution in [0.2, 0.25) is 0 Å². The largest absolute Gasteiger partial charge is 0.485 e. The van der Waals surface area contributed by atoms with Gasteiger partial charge in [0.05, 0.1) is 16.8 Å². The number of carbonyl (C=O) groups is 2. The highest BCUT2D eigenvalue weighted by atomic mass is 19.4. The first kappa shape index (κ1) is 31.3. The van der Waals surface area contributed by atoms with E-state index in [0.717, 1.165) is 12.1 Å². The maximum absolute atomic E-state index is 14.1. The second-order valence-electron chi connectivity index (χ2n) is 10.1. The Hall–Kier alpha value is -4.68. The van der Waals surface area contributed by atoms with E-state index in [2.05, 4.69) is 15.6 Å². The molecule has 0 aliphatic rings. The number of nitrogens with zero attached hydrogens (tertiary/aromatic N) is 2. The first-order valence-corrected chi connectivity index (χ1v) is 13.2. The van der Waals surface area contributed by atoms with Crippen molar-refractivity contribution < 1.29 is 41.0 Å². The number of alkyl carbamates (subject to hydrolysis) is 1. The fourth-order valence-electron chi connectivity index (χ4n) is 4.34. The molecule has 0 fully saturated rings. The molecule has 43 heavy (non-hydrogen) atoms. The molecule has 0 radical (unpaired) electrons. The van der Waals surface area contributed by atoms with E-state index in [9.17, 15) is 31.5 Å². The molecule has 0 bridgehead atoms. The van der Waals surface area contributed by atoms with E-state index in [1.165, 1.54) is 35.7 Å². The van der Waals surface area contributed by atoms with Crippen molar-refractivity contribution in [3.8, 4) is 5.75 Å². The summed E-state index contributed by atoms with van der Waals surface area (Å²) in [5, 5.41) is 5.05. The highest BCUT2D eigenvalue weighted by Gasteiger charge is 2.35. The van der Waals surface area contributed by atoms with Crippen molar-refractivity contribution in [3.05, 3.63) is 101 Å². The number of alkyl halides is 3. The Morgan fingerprint density at radius 2 is 1.63 bits per heavy atom. The van der Waals surface area contributed by atoms with Crippen LogP contribution in [0.5, 0.6) is 5.75 Å². The zero-order chi connectivity index (χ0) is 31.2. The summed E-state index contributed by atoms with van der Waals surface area (Å²) < 4.78 is 79.6. The molecule has 13 heteroatoms. The van der Waals surface area contributed by atoms with Gasteiger partial charge in [0.15, 0.2) is 11.4 Å². The van der Waals surface area contributed by atoms with Gasteiger partial charge in [-0.15, -0.1) is 0 Å². The van der Waals surface area contributed by atoms with Crippen molar-refractivity contribution in [3.63, 3.8) is 0 Å². The topological polar surface area (TPSA) is 94.0 Å². The van der Waals surface area contributed by atoms with E-state index in [0.29, 0.717) is 5.56 Å². The third-order valence-corrected chi connectivity index (χ3v) is 6.65. The van der Waals surface area contributed by atoms with Crippen LogP contribution >= 0.6 is 0 Å². The van der Waals surface area contributed by atoms with Crippen molar-refractivity contribution in [1.82, 2.24) is 20.0 Å². The molecule has 1 unspecified atom stereocenters. The maximum Gasteiger partial charge on any atom is 0.407 e.